The number of ether oxygens (including phenoxy) is 1. The first kappa shape index (κ1) is 17.1. The topological polar surface area (TPSA) is 133 Å². The van der Waals surface area contributed by atoms with E-state index in [0.717, 1.165) is 21.8 Å². The lowest BCUT2D eigenvalue weighted by Crippen LogP contribution is -2.16. The number of anilines is 1. The molecule has 0 atom stereocenters. The molecule has 0 saturated heterocycles. The van der Waals surface area contributed by atoms with Gasteiger partial charge < -0.3 is 16.3 Å². The predicted molar refractivity (Wildman–Crippen MR) is 92.0 cm³/mol. The lowest BCUT2D eigenvalue weighted by atomic mass is 10.2. The number of methoxy groups -OCH3 is 1. The molecular weight excluding hydrogens is 386 g/mol. The summed E-state index contributed by atoms with van der Waals surface area (Å²) >= 11 is 4.47. The maximum atomic E-state index is 10.8. The molecule has 2 rings (SSSR count). The molecule has 0 radical (unpaired) electrons. The van der Waals surface area contributed by atoms with Gasteiger partial charge in [-0.3, -0.25) is 4.79 Å². The van der Waals surface area contributed by atoms with E-state index in [1.807, 2.05) is 18.2 Å². The second-order valence-corrected chi connectivity index (χ2v) is 6.05. The van der Waals surface area contributed by atoms with E-state index in [1.165, 1.54) is 4.68 Å². The van der Waals surface area contributed by atoms with Crippen molar-refractivity contribution in [1.29, 1.82) is 0 Å². The number of rotatable bonds is 7. The number of nitrogens with two attached hydrogens (primary N) is 2. The Labute approximate surface area is 144 Å². The van der Waals surface area contributed by atoms with E-state index in [9.17, 15) is 4.79 Å². The summed E-state index contributed by atoms with van der Waals surface area (Å²) in [7, 11) is 1.58. The molecule has 2 aromatic rings. The summed E-state index contributed by atoms with van der Waals surface area (Å²) in [6, 6.07) is 5.53. The molecule has 0 spiro atoms. The molecule has 122 valence electrons. The Morgan fingerprint density at radius 1 is 1.57 bits per heavy atom. The summed E-state index contributed by atoms with van der Waals surface area (Å²) in [5.41, 5.74) is 8.51. The summed E-state index contributed by atoms with van der Waals surface area (Å²) in [6.07, 6.45) is 1.56. The molecule has 0 aliphatic carbocycles. The molecule has 0 fully saturated rings. The lowest BCUT2D eigenvalue weighted by molar-refractivity contribution is -0.115. The van der Waals surface area contributed by atoms with Crippen LogP contribution in [0.15, 0.2) is 32.9 Å². The molecule has 1 aromatic carbocycles. The number of carbonyl (C=O) groups excluding carboxylic acids is 1. The number of nitrogens with one attached hydrogen (secondary N) is 1. The molecule has 11 heteroatoms. The number of nitrogens with zero attached hydrogens (tertiary/aromatic N) is 4. The average molecular weight is 400 g/mol. The van der Waals surface area contributed by atoms with Crippen LogP contribution >= 0.6 is 27.7 Å². The second-order valence-electron chi connectivity index (χ2n) is 4.19. The van der Waals surface area contributed by atoms with Gasteiger partial charge in [-0.25, -0.2) is 10.1 Å². The van der Waals surface area contributed by atoms with E-state index in [4.69, 9.17) is 16.3 Å². The molecule has 0 aliphatic heterocycles. The van der Waals surface area contributed by atoms with Gasteiger partial charge >= 0.3 is 0 Å². The Balaban J connectivity index is 2.06. The van der Waals surface area contributed by atoms with Crippen molar-refractivity contribution in [1.82, 2.24) is 14.9 Å². The molecule has 5 N–H and O–H groups in total. The first-order chi connectivity index (χ1) is 11.0. The van der Waals surface area contributed by atoms with Crippen LogP contribution in [0.3, 0.4) is 0 Å². The summed E-state index contributed by atoms with van der Waals surface area (Å²) in [5, 5.41) is 12.1. The van der Waals surface area contributed by atoms with E-state index in [1.54, 1.807) is 13.3 Å². The van der Waals surface area contributed by atoms with Crippen LogP contribution in [-0.2, 0) is 4.79 Å². The van der Waals surface area contributed by atoms with Gasteiger partial charge in [0.05, 0.1) is 19.1 Å². The van der Waals surface area contributed by atoms with Crippen molar-refractivity contribution >= 4 is 45.8 Å². The maximum Gasteiger partial charge on any atom is 0.264 e. The first-order valence-electron chi connectivity index (χ1n) is 6.25. The highest BCUT2D eigenvalue weighted by Crippen LogP contribution is 2.21. The SMILES string of the molecule is COc1ccc(Br)cc1/C=N/Nc1nnc(SCC(N)=O)n1N. The molecule has 1 aromatic heterocycles. The maximum absolute atomic E-state index is 10.8. The minimum Gasteiger partial charge on any atom is -0.496 e. The van der Waals surface area contributed by atoms with Crippen molar-refractivity contribution in [3.05, 3.63) is 28.2 Å². The zero-order valence-electron chi connectivity index (χ0n) is 12.1. The molecule has 0 aliphatic rings. The second kappa shape index (κ2) is 7.83. The molecule has 9 nitrogen and oxygen atoms in total. The van der Waals surface area contributed by atoms with Gasteiger partial charge in [-0.15, -0.1) is 10.2 Å². The van der Waals surface area contributed by atoms with Crippen LogP contribution in [0.25, 0.3) is 0 Å². The van der Waals surface area contributed by atoms with Crippen LogP contribution in [0.2, 0.25) is 0 Å². The number of halogens is 1. The van der Waals surface area contributed by atoms with E-state index in [2.05, 4.69) is 36.7 Å². The predicted octanol–water partition coefficient (Wildman–Crippen LogP) is 0.786. The number of aromatic nitrogens is 3. The Hall–Kier alpha value is -2.27. The van der Waals surface area contributed by atoms with Crippen molar-refractivity contribution in [3.8, 4) is 5.75 Å². The molecule has 1 amide bonds. The quantitative estimate of drug-likeness (QED) is 0.271. The number of hydrogen-bond donors (Lipinski definition) is 3. The normalized spacial score (nSPS) is 10.9. The number of carbonyl (C=O) groups is 1. The fourth-order valence-electron chi connectivity index (χ4n) is 1.55. The van der Waals surface area contributed by atoms with Gasteiger partial charge in [0.2, 0.25) is 11.1 Å². The molecule has 0 unspecified atom stereocenters. The summed E-state index contributed by atoms with van der Waals surface area (Å²) < 4.78 is 7.32. The number of hydrogen-bond acceptors (Lipinski definition) is 8. The zero-order valence-corrected chi connectivity index (χ0v) is 14.5. The fraction of sp³-hybridized carbons (Fsp3) is 0.167. The average Bonchev–Trinajstić information content (AvgIpc) is 2.86. The van der Waals surface area contributed by atoms with Gasteiger partial charge in [-0.1, -0.05) is 27.7 Å². The van der Waals surface area contributed by atoms with Gasteiger partial charge in [-0.2, -0.15) is 5.10 Å². The number of thioether (sulfide) groups is 1. The fourth-order valence-corrected chi connectivity index (χ4v) is 2.53. The van der Waals surface area contributed by atoms with Crippen LogP contribution in [0, 0.1) is 0 Å². The van der Waals surface area contributed by atoms with E-state index >= 15 is 0 Å². The van der Waals surface area contributed by atoms with Crippen LogP contribution < -0.4 is 21.7 Å². The number of hydrazone groups is 1. The van der Waals surface area contributed by atoms with Gasteiger partial charge in [0.15, 0.2) is 0 Å². The number of nitrogen functional groups attached to an aromatic ring is 1. The molecule has 1 heterocycles. The largest absolute Gasteiger partial charge is 0.496 e. The zero-order chi connectivity index (χ0) is 16.8. The van der Waals surface area contributed by atoms with E-state index in [-0.39, 0.29) is 11.7 Å². The smallest absolute Gasteiger partial charge is 0.264 e. The Morgan fingerprint density at radius 2 is 2.35 bits per heavy atom. The molecule has 0 bridgehead atoms. The minimum absolute atomic E-state index is 0.0633. The monoisotopic (exact) mass is 399 g/mol. The summed E-state index contributed by atoms with van der Waals surface area (Å²) in [4.78, 5) is 10.8. The number of benzene rings is 1. The molecular formula is C12H14BrN7O2S. The Bertz CT molecular complexity index is 734. The van der Waals surface area contributed by atoms with E-state index < -0.39 is 5.91 Å². The molecule has 23 heavy (non-hydrogen) atoms. The highest BCUT2D eigenvalue weighted by Gasteiger charge is 2.10. The molecule has 0 saturated carbocycles. The third kappa shape index (κ3) is 4.60. The number of primary amides is 1. The van der Waals surface area contributed by atoms with Crippen molar-refractivity contribution in [2.24, 2.45) is 10.8 Å². The first-order valence-corrected chi connectivity index (χ1v) is 8.03. The van der Waals surface area contributed by atoms with Gasteiger partial charge in [-0.05, 0) is 18.2 Å². The van der Waals surface area contributed by atoms with Crippen molar-refractivity contribution < 1.29 is 9.53 Å². The van der Waals surface area contributed by atoms with Crippen LogP contribution in [0.1, 0.15) is 5.56 Å². The lowest BCUT2D eigenvalue weighted by Gasteiger charge is -2.05. The van der Waals surface area contributed by atoms with Gasteiger partial charge in [0.1, 0.15) is 5.75 Å². The van der Waals surface area contributed by atoms with Crippen molar-refractivity contribution in [2.45, 2.75) is 5.16 Å². The third-order valence-corrected chi connectivity index (χ3v) is 4.03. The van der Waals surface area contributed by atoms with Gasteiger partial charge in [0.25, 0.3) is 5.95 Å². The van der Waals surface area contributed by atoms with Crippen LogP contribution in [0.4, 0.5) is 5.95 Å². The van der Waals surface area contributed by atoms with Crippen LogP contribution in [0.5, 0.6) is 5.75 Å². The highest BCUT2D eigenvalue weighted by molar-refractivity contribution is 9.10. The minimum atomic E-state index is -0.465. The standard InChI is InChI=1S/C12H14BrN7O2S/c1-22-9-3-2-8(13)4-7(9)5-16-17-11-18-19-12(20(11)15)23-6-10(14)21/h2-5H,6,15H2,1H3,(H2,14,21)(H,17,18)/b16-5+. The Kier molecular flexibility index (Phi) is 5.82. The Morgan fingerprint density at radius 3 is 3.04 bits per heavy atom. The van der Waals surface area contributed by atoms with Crippen molar-refractivity contribution in [3.63, 3.8) is 0 Å². The van der Waals surface area contributed by atoms with Gasteiger partial charge in [0, 0.05) is 10.0 Å². The van der Waals surface area contributed by atoms with E-state index in [0.29, 0.717) is 10.9 Å². The summed E-state index contributed by atoms with van der Waals surface area (Å²) in [5.74, 6) is 6.29. The number of amides is 1. The van der Waals surface area contributed by atoms with Crippen LogP contribution in [-0.4, -0.2) is 39.9 Å². The summed E-state index contributed by atoms with van der Waals surface area (Å²) in [6.45, 7) is 0. The highest BCUT2D eigenvalue weighted by atomic mass is 79.9. The van der Waals surface area contributed by atoms with Crippen molar-refractivity contribution in [2.75, 3.05) is 24.1 Å². The third-order valence-electron chi connectivity index (χ3n) is 2.57.